The van der Waals surface area contributed by atoms with Crippen molar-refractivity contribution in [1.82, 2.24) is 5.32 Å². The lowest BCUT2D eigenvalue weighted by atomic mass is 10.1. The van der Waals surface area contributed by atoms with Gasteiger partial charge in [0.25, 0.3) is 0 Å². The number of ether oxygens (including phenoxy) is 2. The van der Waals surface area contributed by atoms with E-state index >= 15 is 0 Å². The Morgan fingerprint density at radius 3 is 2.25 bits per heavy atom. The minimum atomic E-state index is 0.624. The van der Waals surface area contributed by atoms with Gasteiger partial charge in [0, 0.05) is 18.0 Å². The van der Waals surface area contributed by atoms with Gasteiger partial charge >= 0.3 is 0 Å². The second kappa shape index (κ2) is 10.7. The molecule has 0 unspecified atom stereocenters. The molecule has 0 amide bonds. The van der Waals surface area contributed by atoms with Crippen LogP contribution < -0.4 is 14.8 Å². The van der Waals surface area contributed by atoms with Gasteiger partial charge in [-0.15, -0.1) is 0 Å². The molecule has 0 bridgehead atoms. The molecular formula is C24H26ClNO2. The van der Waals surface area contributed by atoms with Crippen LogP contribution in [0.3, 0.4) is 0 Å². The van der Waals surface area contributed by atoms with Crippen LogP contribution in [0.15, 0.2) is 72.8 Å². The van der Waals surface area contributed by atoms with Gasteiger partial charge in [-0.25, -0.2) is 0 Å². The summed E-state index contributed by atoms with van der Waals surface area (Å²) in [5.41, 5.74) is 3.71. The zero-order chi connectivity index (χ0) is 19.6. The molecule has 0 saturated heterocycles. The molecule has 3 aromatic carbocycles. The Balaban J connectivity index is 1.46. The lowest BCUT2D eigenvalue weighted by Crippen LogP contribution is -2.16. The maximum Gasteiger partial charge on any atom is 0.161 e. The molecular weight excluding hydrogens is 370 g/mol. The summed E-state index contributed by atoms with van der Waals surface area (Å²) in [5.74, 6) is 1.55. The molecule has 0 spiro atoms. The second-order valence-corrected chi connectivity index (χ2v) is 7.06. The highest BCUT2D eigenvalue weighted by Gasteiger charge is 2.06. The van der Waals surface area contributed by atoms with Gasteiger partial charge in [0.15, 0.2) is 11.5 Å². The number of hydrogen-bond acceptors (Lipinski definition) is 3. The fraction of sp³-hybridized carbons (Fsp3) is 0.250. The monoisotopic (exact) mass is 395 g/mol. The molecule has 3 aromatic rings. The van der Waals surface area contributed by atoms with Gasteiger partial charge in [0.05, 0.1) is 13.7 Å². The zero-order valence-electron chi connectivity index (χ0n) is 16.2. The molecule has 0 saturated carbocycles. The number of hydrogen-bond donors (Lipinski definition) is 1. The number of methoxy groups -OCH3 is 1. The predicted molar refractivity (Wildman–Crippen MR) is 115 cm³/mol. The highest BCUT2D eigenvalue weighted by Crippen LogP contribution is 2.28. The summed E-state index contributed by atoms with van der Waals surface area (Å²) >= 11 is 5.92. The Labute approximate surface area is 172 Å². The Morgan fingerprint density at radius 2 is 1.50 bits per heavy atom. The number of rotatable bonds is 10. The molecule has 3 nitrogen and oxygen atoms in total. The van der Waals surface area contributed by atoms with E-state index in [-0.39, 0.29) is 0 Å². The Hall–Kier alpha value is -2.49. The minimum absolute atomic E-state index is 0.624. The largest absolute Gasteiger partial charge is 0.493 e. The van der Waals surface area contributed by atoms with Crippen LogP contribution in [0.5, 0.6) is 11.5 Å². The van der Waals surface area contributed by atoms with Crippen molar-refractivity contribution in [1.29, 1.82) is 0 Å². The summed E-state index contributed by atoms with van der Waals surface area (Å²) in [7, 11) is 1.68. The van der Waals surface area contributed by atoms with Gasteiger partial charge in [0.2, 0.25) is 0 Å². The number of benzene rings is 3. The smallest absolute Gasteiger partial charge is 0.161 e. The topological polar surface area (TPSA) is 30.5 Å². The van der Waals surface area contributed by atoms with Crippen LogP contribution in [0.1, 0.15) is 16.7 Å². The Morgan fingerprint density at radius 1 is 0.786 bits per heavy atom. The lowest BCUT2D eigenvalue weighted by Gasteiger charge is -2.13. The summed E-state index contributed by atoms with van der Waals surface area (Å²) in [4.78, 5) is 0. The molecule has 146 valence electrons. The van der Waals surface area contributed by atoms with Crippen LogP contribution in [0.25, 0.3) is 0 Å². The number of nitrogens with one attached hydrogen (secondary N) is 1. The third kappa shape index (κ3) is 6.29. The molecule has 3 rings (SSSR count). The van der Waals surface area contributed by atoms with Crippen molar-refractivity contribution in [2.45, 2.75) is 19.4 Å². The lowest BCUT2D eigenvalue weighted by molar-refractivity contribution is 0.297. The first-order valence-electron chi connectivity index (χ1n) is 9.53. The first kappa shape index (κ1) is 20.2. The molecule has 0 atom stereocenters. The van der Waals surface area contributed by atoms with E-state index in [0.717, 1.165) is 42.5 Å². The first-order valence-corrected chi connectivity index (χ1v) is 9.91. The van der Waals surface area contributed by atoms with Crippen molar-refractivity contribution in [3.05, 3.63) is 94.5 Å². The third-order valence-electron chi connectivity index (χ3n) is 4.55. The van der Waals surface area contributed by atoms with Gasteiger partial charge in [0.1, 0.15) is 0 Å². The van der Waals surface area contributed by atoms with Crippen molar-refractivity contribution < 1.29 is 9.47 Å². The van der Waals surface area contributed by atoms with Crippen LogP contribution in [-0.4, -0.2) is 20.3 Å². The Kier molecular flexibility index (Phi) is 7.77. The van der Waals surface area contributed by atoms with E-state index in [9.17, 15) is 0 Å². The van der Waals surface area contributed by atoms with Crippen LogP contribution in [0.4, 0.5) is 0 Å². The summed E-state index contributed by atoms with van der Waals surface area (Å²) in [5, 5.41) is 4.24. The summed E-state index contributed by atoms with van der Waals surface area (Å²) in [6.07, 6.45) is 1.84. The Bertz CT molecular complexity index is 850. The van der Waals surface area contributed by atoms with Gasteiger partial charge in [-0.1, -0.05) is 60.1 Å². The van der Waals surface area contributed by atoms with Crippen LogP contribution in [0, 0.1) is 0 Å². The third-order valence-corrected chi connectivity index (χ3v) is 4.80. The van der Waals surface area contributed by atoms with Crippen molar-refractivity contribution in [3.63, 3.8) is 0 Å². The van der Waals surface area contributed by atoms with Gasteiger partial charge in [-0.3, -0.25) is 0 Å². The summed E-state index contributed by atoms with van der Waals surface area (Å²) in [6.45, 7) is 2.31. The van der Waals surface area contributed by atoms with Crippen LogP contribution in [0.2, 0.25) is 5.02 Å². The standard InChI is InChI=1S/C24H26ClNO2/c1-27-24-17-21(18-26-15-13-20-7-10-22(25)11-8-20)9-12-23(24)28-16-14-19-5-3-2-4-6-19/h2-12,17,26H,13-16,18H2,1H3. The molecule has 0 aliphatic rings. The highest BCUT2D eigenvalue weighted by atomic mass is 35.5. The fourth-order valence-corrected chi connectivity index (χ4v) is 3.11. The average Bonchev–Trinajstić information content (AvgIpc) is 2.74. The molecule has 0 heterocycles. The van der Waals surface area contributed by atoms with Crippen molar-refractivity contribution >= 4 is 11.6 Å². The molecule has 0 aliphatic heterocycles. The van der Waals surface area contributed by atoms with Crippen molar-refractivity contribution in [2.24, 2.45) is 0 Å². The van der Waals surface area contributed by atoms with Crippen LogP contribution in [-0.2, 0) is 19.4 Å². The van der Waals surface area contributed by atoms with Crippen molar-refractivity contribution in [3.8, 4) is 11.5 Å². The normalized spacial score (nSPS) is 10.6. The van der Waals surface area contributed by atoms with E-state index in [1.807, 2.05) is 42.5 Å². The second-order valence-electron chi connectivity index (χ2n) is 6.62. The molecule has 28 heavy (non-hydrogen) atoms. The van der Waals surface area contributed by atoms with E-state index < -0.39 is 0 Å². The molecule has 1 N–H and O–H groups in total. The maximum absolute atomic E-state index is 5.92. The fourth-order valence-electron chi connectivity index (χ4n) is 2.98. The average molecular weight is 396 g/mol. The van der Waals surface area contributed by atoms with E-state index in [1.165, 1.54) is 16.7 Å². The number of halogens is 1. The van der Waals surface area contributed by atoms with Crippen molar-refractivity contribution in [2.75, 3.05) is 20.3 Å². The van der Waals surface area contributed by atoms with E-state index in [4.69, 9.17) is 21.1 Å². The summed E-state index contributed by atoms with van der Waals surface area (Å²) in [6, 6.07) is 24.4. The zero-order valence-corrected chi connectivity index (χ0v) is 16.9. The van der Waals surface area contributed by atoms with Gasteiger partial charge in [-0.2, -0.15) is 0 Å². The predicted octanol–water partition coefficient (Wildman–Crippen LogP) is 5.30. The molecule has 0 radical (unpaired) electrons. The molecule has 0 aliphatic carbocycles. The molecule has 0 aromatic heterocycles. The summed E-state index contributed by atoms with van der Waals surface area (Å²) < 4.78 is 11.4. The highest BCUT2D eigenvalue weighted by molar-refractivity contribution is 6.30. The van der Waals surface area contributed by atoms with Gasteiger partial charge in [-0.05, 0) is 53.9 Å². The van der Waals surface area contributed by atoms with E-state index in [2.05, 4.69) is 35.6 Å². The quantitative estimate of drug-likeness (QED) is 0.472. The first-order chi connectivity index (χ1) is 13.7. The van der Waals surface area contributed by atoms with Crippen LogP contribution >= 0.6 is 11.6 Å². The molecule has 4 heteroatoms. The van der Waals surface area contributed by atoms with E-state index in [1.54, 1.807) is 7.11 Å². The van der Waals surface area contributed by atoms with Gasteiger partial charge < -0.3 is 14.8 Å². The van der Waals surface area contributed by atoms with E-state index in [0.29, 0.717) is 6.61 Å². The maximum atomic E-state index is 5.92. The molecule has 0 fully saturated rings. The SMILES string of the molecule is COc1cc(CNCCc2ccc(Cl)cc2)ccc1OCCc1ccccc1. The minimum Gasteiger partial charge on any atom is -0.493 e.